The van der Waals surface area contributed by atoms with Crippen LogP contribution >= 0.6 is 23.2 Å². The maximum absolute atomic E-state index is 12.4. The molecule has 0 aliphatic rings. The van der Waals surface area contributed by atoms with Crippen molar-refractivity contribution < 1.29 is 23.1 Å². The van der Waals surface area contributed by atoms with E-state index in [1.807, 2.05) is 0 Å². The largest absolute Gasteiger partial charge is 0.478 e. The third-order valence-electron chi connectivity index (χ3n) is 2.55. The highest BCUT2D eigenvalue weighted by Crippen LogP contribution is 2.30. The van der Waals surface area contributed by atoms with Gasteiger partial charge in [0.15, 0.2) is 0 Å². The molecule has 1 aromatic carbocycles. The number of halogens is 2. The van der Waals surface area contributed by atoms with Gasteiger partial charge in [-0.1, -0.05) is 30.1 Å². The van der Waals surface area contributed by atoms with Crippen LogP contribution in [0.5, 0.6) is 0 Å². The minimum Gasteiger partial charge on any atom is -0.478 e. The molecule has 1 amide bonds. The van der Waals surface area contributed by atoms with E-state index < -0.39 is 38.9 Å². The van der Waals surface area contributed by atoms with Gasteiger partial charge in [0.25, 0.3) is 0 Å². The number of amides is 1. The van der Waals surface area contributed by atoms with E-state index in [0.29, 0.717) is 0 Å². The van der Waals surface area contributed by atoms with Crippen molar-refractivity contribution in [3.05, 3.63) is 27.7 Å². The SMILES string of the molecule is CCN(CC(N)=O)S(=O)(=O)c1cc(C(=O)O)c(Cl)cc1Cl. The Balaban J connectivity index is 3.46. The first-order chi connectivity index (χ1) is 9.61. The van der Waals surface area contributed by atoms with Gasteiger partial charge in [0.2, 0.25) is 15.9 Å². The normalized spacial score (nSPS) is 11.6. The van der Waals surface area contributed by atoms with Crippen LogP contribution in [0.3, 0.4) is 0 Å². The van der Waals surface area contributed by atoms with Crippen molar-refractivity contribution in [1.82, 2.24) is 4.31 Å². The molecule has 0 aliphatic carbocycles. The zero-order chi connectivity index (χ0) is 16.4. The lowest BCUT2D eigenvalue weighted by atomic mass is 10.2. The zero-order valence-corrected chi connectivity index (χ0v) is 13.2. The molecular formula is C11H12Cl2N2O5S. The number of aromatic carboxylic acids is 1. The number of primary amides is 1. The summed E-state index contributed by atoms with van der Waals surface area (Å²) in [4.78, 5) is 21.5. The molecule has 21 heavy (non-hydrogen) atoms. The van der Waals surface area contributed by atoms with Crippen molar-refractivity contribution in [3.8, 4) is 0 Å². The zero-order valence-electron chi connectivity index (χ0n) is 10.8. The molecule has 0 heterocycles. The number of rotatable bonds is 6. The quantitative estimate of drug-likeness (QED) is 0.795. The second-order valence-corrected chi connectivity index (χ2v) is 6.69. The molecule has 0 radical (unpaired) electrons. The fraction of sp³-hybridized carbons (Fsp3) is 0.273. The van der Waals surface area contributed by atoms with Crippen LogP contribution in [0, 0.1) is 0 Å². The van der Waals surface area contributed by atoms with Gasteiger partial charge < -0.3 is 10.8 Å². The molecule has 116 valence electrons. The maximum Gasteiger partial charge on any atom is 0.337 e. The lowest BCUT2D eigenvalue weighted by Crippen LogP contribution is -2.38. The van der Waals surface area contributed by atoms with Gasteiger partial charge in [0.05, 0.1) is 22.2 Å². The average Bonchev–Trinajstić information content (AvgIpc) is 2.34. The number of carboxylic acids is 1. The third-order valence-corrected chi connectivity index (χ3v) is 5.25. The molecule has 0 fully saturated rings. The highest BCUT2D eigenvalue weighted by atomic mass is 35.5. The molecule has 7 nitrogen and oxygen atoms in total. The molecule has 1 aromatic rings. The Kier molecular flexibility index (Phi) is 5.57. The summed E-state index contributed by atoms with van der Waals surface area (Å²) in [5.41, 5.74) is 4.58. The monoisotopic (exact) mass is 354 g/mol. The molecule has 3 N–H and O–H groups in total. The minimum absolute atomic E-state index is 0.0351. The highest BCUT2D eigenvalue weighted by Gasteiger charge is 2.28. The lowest BCUT2D eigenvalue weighted by molar-refractivity contribution is -0.118. The Hall–Kier alpha value is -1.35. The smallest absolute Gasteiger partial charge is 0.337 e. The van der Waals surface area contributed by atoms with E-state index in [1.54, 1.807) is 0 Å². The number of nitrogens with two attached hydrogens (primary N) is 1. The van der Waals surface area contributed by atoms with Gasteiger partial charge >= 0.3 is 5.97 Å². The van der Waals surface area contributed by atoms with Gasteiger partial charge in [-0.15, -0.1) is 0 Å². The topological polar surface area (TPSA) is 118 Å². The van der Waals surface area contributed by atoms with Crippen molar-refractivity contribution in [2.75, 3.05) is 13.1 Å². The summed E-state index contributed by atoms with van der Waals surface area (Å²) in [6.07, 6.45) is 0. The van der Waals surface area contributed by atoms with Gasteiger partial charge in [-0.25, -0.2) is 13.2 Å². The molecular weight excluding hydrogens is 343 g/mol. The molecule has 0 saturated carbocycles. The summed E-state index contributed by atoms with van der Waals surface area (Å²) in [6.45, 7) is 0.926. The fourth-order valence-electron chi connectivity index (χ4n) is 1.57. The highest BCUT2D eigenvalue weighted by molar-refractivity contribution is 7.89. The molecule has 0 bridgehead atoms. The van der Waals surface area contributed by atoms with Gasteiger partial charge in [-0.2, -0.15) is 4.31 Å². The number of sulfonamides is 1. The van der Waals surface area contributed by atoms with Crippen LogP contribution in [0.1, 0.15) is 17.3 Å². The van der Waals surface area contributed by atoms with E-state index in [0.717, 1.165) is 16.4 Å². The lowest BCUT2D eigenvalue weighted by Gasteiger charge is -2.20. The van der Waals surface area contributed by atoms with Crippen LogP contribution in [-0.4, -0.2) is 42.8 Å². The van der Waals surface area contributed by atoms with Crippen LogP contribution in [0.4, 0.5) is 0 Å². The van der Waals surface area contributed by atoms with Crippen molar-refractivity contribution in [3.63, 3.8) is 0 Å². The van der Waals surface area contributed by atoms with Crippen molar-refractivity contribution >= 4 is 45.1 Å². The number of carbonyl (C=O) groups excluding carboxylic acids is 1. The van der Waals surface area contributed by atoms with Crippen LogP contribution < -0.4 is 5.73 Å². The number of benzene rings is 1. The summed E-state index contributed by atoms with van der Waals surface area (Å²) in [5, 5.41) is 8.54. The van der Waals surface area contributed by atoms with E-state index in [2.05, 4.69) is 0 Å². The van der Waals surface area contributed by atoms with E-state index >= 15 is 0 Å². The molecule has 10 heteroatoms. The van der Waals surface area contributed by atoms with E-state index in [4.69, 9.17) is 34.0 Å². The predicted molar refractivity (Wildman–Crippen MR) is 77.0 cm³/mol. The summed E-state index contributed by atoms with van der Waals surface area (Å²) >= 11 is 11.5. The van der Waals surface area contributed by atoms with Gasteiger partial charge in [0, 0.05) is 6.54 Å². The fourth-order valence-corrected chi connectivity index (χ4v) is 3.81. The Labute approximate surface area is 131 Å². The molecule has 0 saturated heterocycles. The van der Waals surface area contributed by atoms with Gasteiger partial charge in [-0.3, -0.25) is 4.79 Å². The number of likely N-dealkylation sites (N-methyl/N-ethyl adjacent to an activating group) is 1. The first-order valence-electron chi connectivity index (χ1n) is 5.62. The summed E-state index contributed by atoms with van der Waals surface area (Å²) in [5.74, 6) is -2.24. The maximum atomic E-state index is 12.4. The first-order valence-corrected chi connectivity index (χ1v) is 7.81. The molecule has 1 rings (SSSR count). The van der Waals surface area contributed by atoms with E-state index in [1.165, 1.54) is 6.92 Å². The number of nitrogens with zero attached hydrogens (tertiary/aromatic N) is 1. The van der Waals surface area contributed by atoms with Gasteiger partial charge in [-0.05, 0) is 12.1 Å². The van der Waals surface area contributed by atoms with Crippen LogP contribution in [-0.2, 0) is 14.8 Å². The molecule has 0 spiro atoms. The van der Waals surface area contributed by atoms with Crippen molar-refractivity contribution in [2.45, 2.75) is 11.8 Å². The number of hydrogen-bond acceptors (Lipinski definition) is 4. The molecule has 0 aromatic heterocycles. The number of hydrogen-bond donors (Lipinski definition) is 2. The first kappa shape index (κ1) is 17.7. The van der Waals surface area contributed by atoms with Crippen LogP contribution in [0.2, 0.25) is 10.0 Å². The Morgan fingerprint density at radius 1 is 1.29 bits per heavy atom. The van der Waals surface area contributed by atoms with Crippen molar-refractivity contribution in [1.29, 1.82) is 0 Å². The Bertz CT molecular complexity index is 690. The molecule has 0 aliphatic heterocycles. The van der Waals surface area contributed by atoms with Crippen molar-refractivity contribution in [2.24, 2.45) is 5.73 Å². The Morgan fingerprint density at radius 3 is 2.29 bits per heavy atom. The second kappa shape index (κ2) is 6.61. The molecule has 0 unspecified atom stereocenters. The molecule has 0 atom stereocenters. The summed E-state index contributed by atoms with van der Waals surface area (Å²) < 4.78 is 25.6. The number of carbonyl (C=O) groups is 2. The number of carboxylic acid groups (broad SMARTS) is 1. The standard InChI is InChI=1S/C11H12Cl2N2O5S/c1-2-15(5-10(14)16)21(19,20)9-3-6(11(17)18)7(12)4-8(9)13/h3-4H,2,5H2,1H3,(H2,14,16)(H,17,18). The Morgan fingerprint density at radius 2 is 1.86 bits per heavy atom. The second-order valence-electron chi connectivity index (χ2n) is 3.97. The van der Waals surface area contributed by atoms with E-state index in [-0.39, 0.29) is 16.6 Å². The van der Waals surface area contributed by atoms with Gasteiger partial charge in [0.1, 0.15) is 4.90 Å². The minimum atomic E-state index is -4.17. The average molecular weight is 355 g/mol. The predicted octanol–water partition coefficient (Wildman–Crippen LogP) is 1.19. The van der Waals surface area contributed by atoms with Crippen LogP contribution in [0.15, 0.2) is 17.0 Å². The van der Waals surface area contributed by atoms with Crippen LogP contribution in [0.25, 0.3) is 0 Å². The third kappa shape index (κ3) is 3.85. The summed E-state index contributed by atoms with van der Waals surface area (Å²) in [7, 11) is -4.17. The summed E-state index contributed by atoms with van der Waals surface area (Å²) in [6, 6.07) is 1.88. The van der Waals surface area contributed by atoms with E-state index in [9.17, 15) is 18.0 Å².